The Hall–Kier alpha value is -2.32. The fourth-order valence-corrected chi connectivity index (χ4v) is 1.91. The molecule has 0 aliphatic carbocycles. The second-order valence-electron chi connectivity index (χ2n) is 4.48. The van der Waals surface area contributed by atoms with E-state index in [1.165, 1.54) is 0 Å². The van der Waals surface area contributed by atoms with E-state index in [1.807, 2.05) is 18.2 Å². The van der Waals surface area contributed by atoms with Crippen LogP contribution in [-0.2, 0) is 6.54 Å². The molecule has 1 heterocycles. The number of hydrogen-bond donors (Lipinski definition) is 2. The highest BCUT2D eigenvalue weighted by atomic mass is 35.5. The second-order valence-corrected chi connectivity index (χ2v) is 4.89. The Bertz CT molecular complexity index is 651. The van der Waals surface area contributed by atoms with Gasteiger partial charge in [0.05, 0.1) is 17.8 Å². The van der Waals surface area contributed by atoms with Crippen LogP contribution in [0.15, 0.2) is 30.5 Å². The summed E-state index contributed by atoms with van der Waals surface area (Å²) in [6, 6.07) is 9.52. The zero-order valence-electron chi connectivity index (χ0n) is 11.7. The second kappa shape index (κ2) is 7.46. The van der Waals surface area contributed by atoms with Crippen LogP contribution in [0.25, 0.3) is 0 Å². The number of benzene rings is 1. The first kappa shape index (κ1) is 15.1. The summed E-state index contributed by atoms with van der Waals surface area (Å²) in [5, 5.41) is 15.6. The molecule has 0 aliphatic rings. The van der Waals surface area contributed by atoms with Crippen LogP contribution in [0.2, 0.25) is 5.02 Å². The Morgan fingerprint density at radius 1 is 1.33 bits per heavy atom. The van der Waals surface area contributed by atoms with Crippen molar-refractivity contribution in [3.8, 4) is 6.07 Å². The van der Waals surface area contributed by atoms with Crippen LogP contribution in [-0.4, -0.2) is 16.5 Å². The van der Waals surface area contributed by atoms with Crippen molar-refractivity contribution in [3.05, 3.63) is 46.6 Å². The van der Waals surface area contributed by atoms with E-state index in [0.29, 0.717) is 28.9 Å². The Balaban J connectivity index is 2.06. The van der Waals surface area contributed by atoms with Gasteiger partial charge in [-0.1, -0.05) is 30.7 Å². The quantitative estimate of drug-likeness (QED) is 0.855. The first-order valence-electron chi connectivity index (χ1n) is 6.72. The molecular formula is C15H16ClN5. The third kappa shape index (κ3) is 4.33. The lowest BCUT2D eigenvalue weighted by Gasteiger charge is -2.10. The maximum atomic E-state index is 8.89. The summed E-state index contributed by atoms with van der Waals surface area (Å²) in [6.45, 7) is 3.43. The minimum absolute atomic E-state index is 0.466. The summed E-state index contributed by atoms with van der Waals surface area (Å²) in [7, 11) is 0. The van der Waals surface area contributed by atoms with E-state index in [2.05, 4.69) is 33.6 Å². The summed E-state index contributed by atoms with van der Waals surface area (Å²) in [5.41, 5.74) is 1.63. The lowest BCUT2D eigenvalue weighted by molar-refractivity contribution is 0.950. The van der Waals surface area contributed by atoms with E-state index >= 15 is 0 Å². The fourth-order valence-electron chi connectivity index (χ4n) is 1.75. The molecule has 6 heteroatoms. The maximum Gasteiger partial charge on any atom is 0.224 e. The number of rotatable bonds is 6. The van der Waals surface area contributed by atoms with Crippen LogP contribution in [0.3, 0.4) is 0 Å². The van der Waals surface area contributed by atoms with Crippen molar-refractivity contribution in [3.63, 3.8) is 0 Å². The number of anilines is 2. The molecule has 2 rings (SSSR count). The van der Waals surface area contributed by atoms with E-state index in [9.17, 15) is 0 Å². The van der Waals surface area contributed by atoms with Gasteiger partial charge in [0.25, 0.3) is 0 Å². The van der Waals surface area contributed by atoms with Gasteiger partial charge in [-0.2, -0.15) is 10.2 Å². The van der Waals surface area contributed by atoms with Crippen molar-refractivity contribution in [1.29, 1.82) is 5.26 Å². The largest absolute Gasteiger partial charge is 0.365 e. The predicted molar refractivity (Wildman–Crippen MR) is 84.3 cm³/mol. The number of nitriles is 1. The van der Waals surface area contributed by atoms with Gasteiger partial charge in [-0.3, -0.25) is 0 Å². The third-order valence-electron chi connectivity index (χ3n) is 2.79. The van der Waals surface area contributed by atoms with Crippen molar-refractivity contribution in [1.82, 2.24) is 9.97 Å². The zero-order chi connectivity index (χ0) is 15.1. The predicted octanol–water partition coefficient (Wildman–Crippen LogP) is 3.44. The molecule has 5 nitrogen and oxygen atoms in total. The van der Waals surface area contributed by atoms with Crippen LogP contribution >= 0.6 is 11.6 Å². The number of nitrogens with zero attached hydrogens (tertiary/aromatic N) is 3. The Labute approximate surface area is 129 Å². The number of nitrogens with one attached hydrogen (secondary N) is 2. The van der Waals surface area contributed by atoms with Gasteiger partial charge in [0.15, 0.2) is 5.82 Å². The molecule has 0 amide bonds. The van der Waals surface area contributed by atoms with Crippen molar-refractivity contribution in [2.45, 2.75) is 19.9 Å². The molecule has 0 spiro atoms. The van der Waals surface area contributed by atoms with Crippen LogP contribution in [0, 0.1) is 11.3 Å². The average molecular weight is 302 g/mol. The van der Waals surface area contributed by atoms with E-state index in [1.54, 1.807) is 12.3 Å². The number of aromatic nitrogens is 2. The molecule has 0 bridgehead atoms. The van der Waals surface area contributed by atoms with Crippen LogP contribution in [0.4, 0.5) is 11.8 Å². The molecule has 0 fully saturated rings. The molecule has 108 valence electrons. The van der Waals surface area contributed by atoms with Gasteiger partial charge in [-0.05, 0) is 24.1 Å². The van der Waals surface area contributed by atoms with E-state index < -0.39 is 0 Å². The van der Waals surface area contributed by atoms with E-state index in [-0.39, 0.29) is 0 Å². The van der Waals surface area contributed by atoms with Crippen molar-refractivity contribution >= 4 is 23.4 Å². The summed E-state index contributed by atoms with van der Waals surface area (Å²) in [6.07, 6.45) is 2.57. The molecule has 1 aromatic carbocycles. The summed E-state index contributed by atoms with van der Waals surface area (Å²) in [5.74, 6) is 1.13. The first-order valence-corrected chi connectivity index (χ1v) is 7.10. The van der Waals surface area contributed by atoms with Crippen LogP contribution in [0.5, 0.6) is 0 Å². The molecule has 0 atom stereocenters. The summed E-state index contributed by atoms with van der Waals surface area (Å²) in [4.78, 5) is 8.46. The fraction of sp³-hybridized carbons (Fsp3) is 0.267. The van der Waals surface area contributed by atoms with Gasteiger partial charge in [0.2, 0.25) is 5.95 Å². The van der Waals surface area contributed by atoms with E-state index in [0.717, 1.165) is 18.5 Å². The first-order chi connectivity index (χ1) is 10.2. The molecule has 0 unspecified atom stereocenters. The molecular weight excluding hydrogens is 286 g/mol. The van der Waals surface area contributed by atoms with Crippen molar-refractivity contribution in [2.24, 2.45) is 0 Å². The monoisotopic (exact) mass is 301 g/mol. The van der Waals surface area contributed by atoms with Crippen molar-refractivity contribution in [2.75, 3.05) is 17.2 Å². The number of hydrogen-bond acceptors (Lipinski definition) is 5. The number of halogens is 1. The van der Waals surface area contributed by atoms with Crippen LogP contribution < -0.4 is 10.6 Å². The third-order valence-corrected chi connectivity index (χ3v) is 3.07. The van der Waals surface area contributed by atoms with Gasteiger partial charge >= 0.3 is 0 Å². The van der Waals surface area contributed by atoms with E-state index in [4.69, 9.17) is 16.9 Å². The maximum absolute atomic E-state index is 8.89. The Morgan fingerprint density at radius 3 is 2.95 bits per heavy atom. The van der Waals surface area contributed by atoms with Gasteiger partial charge in [0, 0.05) is 13.1 Å². The Morgan fingerprint density at radius 2 is 2.19 bits per heavy atom. The molecule has 0 saturated carbocycles. The van der Waals surface area contributed by atoms with Gasteiger partial charge < -0.3 is 10.6 Å². The standard InChI is InChI=1S/C15H16ClN5/c1-2-6-18-15-20-10-13(16)14(21-15)19-9-12-5-3-4-11(7-12)8-17/h3-5,7,10H,2,6,9H2,1H3,(H2,18,19,20,21). The minimum atomic E-state index is 0.466. The molecule has 0 aliphatic heterocycles. The lowest BCUT2D eigenvalue weighted by atomic mass is 10.1. The van der Waals surface area contributed by atoms with Crippen LogP contribution in [0.1, 0.15) is 24.5 Å². The smallest absolute Gasteiger partial charge is 0.224 e. The normalized spacial score (nSPS) is 9.95. The highest BCUT2D eigenvalue weighted by molar-refractivity contribution is 6.32. The SMILES string of the molecule is CCCNc1ncc(Cl)c(NCc2cccc(C#N)c2)n1. The molecule has 0 saturated heterocycles. The van der Waals surface area contributed by atoms with Gasteiger partial charge in [-0.15, -0.1) is 0 Å². The molecule has 1 aromatic heterocycles. The highest BCUT2D eigenvalue weighted by Crippen LogP contribution is 2.20. The summed E-state index contributed by atoms with van der Waals surface area (Å²) < 4.78 is 0. The average Bonchev–Trinajstić information content (AvgIpc) is 2.53. The minimum Gasteiger partial charge on any atom is -0.365 e. The lowest BCUT2D eigenvalue weighted by Crippen LogP contribution is -2.08. The molecule has 2 N–H and O–H groups in total. The molecule has 0 radical (unpaired) electrons. The van der Waals surface area contributed by atoms with Gasteiger partial charge in [-0.25, -0.2) is 4.98 Å². The molecule has 21 heavy (non-hydrogen) atoms. The topological polar surface area (TPSA) is 73.6 Å². The zero-order valence-corrected chi connectivity index (χ0v) is 12.5. The summed E-state index contributed by atoms with van der Waals surface area (Å²) >= 11 is 6.09. The van der Waals surface area contributed by atoms with Gasteiger partial charge in [0.1, 0.15) is 5.02 Å². The molecule has 2 aromatic rings. The Kier molecular flexibility index (Phi) is 5.35. The highest BCUT2D eigenvalue weighted by Gasteiger charge is 2.05. The van der Waals surface area contributed by atoms with Crippen molar-refractivity contribution < 1.29 is 0 Å².